The molecule has 7 aromatic carbocycles. The van der Waals surface area contributed by atoms with Crippen LogP contribution in [0.5, 0.6) is 11.5 Å². The lowest BCUT2D eigenvalue weighted by Crippen LogP contribution is -2.29. The fourth-order valence-corrected chi connectivity index (χ4v) is 7.30. The second kappa shape index (κ2) is 11.8. The molecule has 0 saturated heterocycles. The summed E-state index contributed by atoms with van der Waals surface area (Å²) in [5.41, 5.74) is 23.5. The molecular formula is C45H32N2O2. The van der Waals surface area contributed by atoms with Gasteiger partial charge in [0.25, 0.3) is 0 Å². The van der Waals surface area contributed by atoms with Gasteiger partial charge in [-0.1, -0.05) is 127 Å². The molecule has 6 N–H and O–H groups in total. The predicted molar refractivity (Wildman–Crippen MR) is 199 cm³/mol. The van der Waals surface area contributed by atoms with Gasteiger partial charge in [0.15, 0.2) is 0 Å². The minimum absolute atomic E-state index is 0.0225. The highest BCUT2D eigenvalue weighted by atomic mass is 16.3. The molecule has 0 spiro atoms. The summed E-state index contributed by atoms with van der Waals surface area (Å²) in [5, 5.41) is 22.7. The third-order valence-corrected chi connectivity index (χ3v) is 9.50. The number of nitrogen functional groups attached to an aromatic ring is 2. The van der Waals surface area contributed by atoms with Crippen molar-refractivity contribution in [2.75, 3.05) is 11.5 Å². The Morgan fingerprint density at radius 2 is 0.939 bits per heavy atom. The smallest absolute Gasteiger partial charge is 0.146 e. The third kappa shape index (κ3) is 4.80. The predicted octanol–water partition coefficient (Wildman–Crippen LogP) is 9.36. The SMILES string of the molecule is Nc1cc(C2(c3cc(N)c(O)c(-c4ccccc4)c3)c3ccccc3-c3c(C#Cc4ccccc4)cccc32)cc(-c2ccccc2)c1O. The molecule has 4 heteroatoms. The molecular weight excluding hydrogens is 601 g/mol. The van der Waals surface area contributed by atoms with Crippen molar-refractivity contribution < 1.29 is 10.2 Å². The number of anilines is 2. The number of hydrogen-bond donors (Lipinski definition) is 4. The van der Waals surface area contributed by atoms with Crippen LogP contribution in [0.25, 0.3) is 33.4 Å². The minimum atomic E-state index is -0.951. The van der Waals surface area contributed by atoms with Gasteiger partial charge in [0.05, 0.1) is 16.8 Å². The molecule has 0 amide bonds. The number of phenols is 2. The van der Waals surface area contributed by atoms with Gasteiger partial charge in [-0.15, -0.1) is 0 Å². The number of benzene rings is 7. The fourth-order valence-electron chi connectivity index (χ4n) is 7.30. The zero-order valence-electron chi connectivity index (χ0n) is 26.6. The maximum absolute atomic E-state index is 11.4. The first-order valence-electron chi connectivity index (χ1n) is 16.1. The molecule has 234 valence electrons. The lowest BCUT2D eigenvalue weighted by atomic mass is 9.66. The van der Waals surface area contributed by atoms with Gasteiger partial charge in [-0.25, -0.2) is 0 Å². The number of fused-ring (bicyclic) bond motifs is 3. The van der Waals surface area contributed by atoms with Crippen molar-refractivity contribution in [1.29, 1.82) is 0 Å². The highest BCUT2D eigenvalue weighted by Gasteiger charge is 2.48. The van der Waals surface area contributed by atoms with Crippen LogP contribution in [-0.4, -0.2) is 10.2 Å². The normalized spacial score (nSPS) is 12.4. The number of nitrogens with two attached hydrogens (primary N) is 2. The van der Waals surface area contributed by atoms with E-state index in [-0.39, 0.29) is 22.9 Å². The van der Waals surface area contributed by atoms with E-state index in [1.807, 2.05) is 133 Å². The van der Waals surface area contributed by atoms with Crippen LogP contribution >= 0.6 is 0 Å². The van der Waals surface area contributed by atoms with Crippen molar-refractivity contribution in [3.05, 3.63) is 191 Å². The summed E-state index contributed by atoms with van der Waals surface area (Å²) in [5.74, 6) is 6.89. The van der Waals surface area contributed by atoms with E-state index in [1.165, 1.54) is 0 Å². The molecule has 0 unspecified atom stereocenters. The summed E-state index contributed by atoms with van der Waals surface area (Å²) in [6.07, 6.45) is 0. The van der Waals surface area contributed by atoms with Crippen LogP contribution in [0.15, 0.2) is 158 Å². The van der Waals surface area contributed by atoms with Gasteiger partial charge < -0.3 is 21.7 Å². The van der Waals surface area contributed by atoms with E-state index in [0.717, 1.165) is 55.6 Å². The van der Waals surface area contributed by atoms with Crippen LogP contribution < -0.4 is 11.5 Å². The van der Waals surface area contributed by atoms with E-state index in [9.17, 15) is 10.2 Å². The van der Waals surface area contributed by atoms with Crippen LogP contribution in [0.3, 0.4) is 0 Å². The molecule has 0 aromatic heterocycles. The first kappa shape index (κ1) is 29.7. The fraction of sp³-hybridized carbons (Fsp3) is 0.0222. The zero-order valence-corrected chi connectivity index (χ0v) is 26.6. The summed E-state index contributed by atoms with van der Waals surface area (Å²) in [6.45, 7) is 0. The summed E-state index contributed by atoms with van der Waals surface area (Å²) in [6, 6.07) is 51.8. The van der Waals surface area contributed by atoms with Gasteiger partial charge in [-0.3, -0.25) is 0 Å². The van der Waals surface area contributed by atoms with E-state index < -0.39 is 5.41 Å². The molecule has 0 saturated carbocycles. The van der Waals surface area contributed by atoms with E-state index >= 15 is 0 Å². The standard InChI is InChI=1S/C45H32N2O2/c46-40-27-33(25-36(43(40)48)30-15-6-2-7-16-30)45(34-26-37(44(49)41(47)28-34)31-17-8-3-9-18-31)38-21-11-10-20-35(38)42-32(19-12-22-39(42)45)24-23-29-13-4-1-5-14-29/h1-22,25-28,48-49H,46-47H2. The maximum atomic E-state index is 11.4. The van der Waals surface area contributed by atoms with Crippen molar-refractivity contribution in [1.82, 2.24) is 0 Å². The highest BCUT2D eigenvalue weighted by molar-refractivity contribution is 5.92. The second-order valence-corrected chi connectivity index (χ2v) is 12.3. The lowest BCUT2D eigenvalue weighted by Gasteiger charge is -2.35. The first-order valence-corrected chi connectivity index (χ1v) is 16.1. The van der Waals surface area contributed by atoms with Crippen molar-refractivity contribution in [2.24, 2.45) is 0 Å². The van der Waals surface area contributed by atoms with Crippen molar-refractivity contribution in [3.63, 3.8) is 0 Å². The molecule has 0 fully saturated rings. The lowest BCUT2D eigenvalue weighted by molar-refractivity contribution is 0.479. The Hall–Kier alpha value is -6.70. The number of rotatable bonds is 4. The van der Waals surface area contributed by atoms with Crippen molar-refractivity contribution in [2.45, 2.75) is 5.41 Å². The van der Waals surface area contributed by atoms with E-state index in [0.29, 0.717) is 11.1 Å². The Bertz CT molecular complexity index is 2330. The Morgan fingerprint density at radius 3 is 1.51 bits per heavy atom. The quantitative estimate of drug-likeness (QED) is 0.0884. The average molecular weight is 633 g/mol. The first-order chi connectivity index (χ1) is 24.0. The molecule has 0 atom stereocenters. The number of hydrogen-bond acceptors (Lipinski definition) is 4. The zero-order chi connectivity index (χ0) is 33.5. The Morgan fingerprint density at radius 1 is 0.449 bits per heavy atom. The molecule has 4 nitrogen and oxygen atoms in total. The van der Waals surface area contributed by atoms with Gasteiger partial charge in [-0.05, 0) is 81.4 Å². The van der Waals surface area contributed by atoms with Crippen molar-refractivity contribution in [3.8, 4) is 56.7 Å². The molecule has 0 bridgehead atoms. The van der Waals surface area contributed by atoms with Crippen molar-refractivity contribution >= 4 is 11.4 Å². The van der Waals surface area contributed by atoms with Gasteiger partial charge in [0, 0.05) is 27.8 Å². The van der Waals surface area contributed by atoms with Crippen LogP contribution in [0.4, 0.5) is 11.4 Å². The average Bonchev–Trinajstić information content (AvgIpc) is 3.46. The van der Waals surface area contributed by atoms with Gasteiger partial charge in [0.1, 0.15) is 11.5 Å². The van der Waals surface area contributed by atoms with Gasteiger partial charge in [-0.2, -0.15) is 0 Å². The van der Waals surface area contributed by atoms with E-state index in [2.05, 4.69) is 36.1 Å². The summed E-state index contributed by atoms with van der Waals surface area (Å²) in [7, 11) is 0. The summed E-state index contributed by atoms with van der Waals surface area (Å²) < 4.78 is 0. The number of phenolic OH excluding ortho intramolecular Hbond substituents is 2. The Labute approximate surface area is 285 Å². The van der Waals surface area contributed by atoms with Crippen LogP contribution in [0.2, 0.25) is 0 Å². The molecule has 0 radical (unpaired) electrons. The molecule has 49 heavy (non-hydrogen) atoms. The molecule has 1 aliphatic rings. The van der Waals surface area contributed by atoms with Crippen LogP contribution in [0.1, 0.15) is 33.4 Å². The Kier molecular flexibility index (Phi) is 7.17. The summed E-state index contributed by atoms with van der Waals surface area (Å²) in [4.78, 5) is 0. The minimum Gasteiger partial charge on any atom is -0.505 e. The highest BCUT2D eigenvalue weighted by Crippen LogP contribution is 2.59. The van der Waals surface area contributed by atoms with Gasteiger partial charge in [0.2, 0.25) is 0 Å². The molecule has 0 heterocycles. The topological polar surface area (TPSA) is 92.5 Å². The molecule has 8 rings (SSSR count). The molecule has 1 aliphatic carbocycles. The van der Waals surface area contributed by atoms with Crippen LogP contribution in [0, 0.1) is 11.8 Å². The van der Waals surface area contributed by atoms with E-state index in [4.69, 9.17) is 11.5 Å². The largest absolute Gasteiger partial charge is 0.505 e. The van der Waals surface area contributed by atoms with Gasteiger partial charge >= 0.3 is 0 Å². The van der Waals surface area contributed by atoms with E-state index in [1.54, 1.807) is 0 Å². The summed E-state index contributed by atoms with van der Waals surface area (Å²) >= 11 is 0. The third-order valence-electron chi connectivity index (χ3n) is 9.50. The molecule has 0 aliphatic heterocycles. The maximum Gasteiger partial charge on any atom is 0.146 e. The Balaban J connectivity index is 1.51. The molecule has 7 aromatic rings. The second-order valence-electron chi connectivity index (χ2n) is 12.3. The monoisotopic (exact) mass is 632 g/mol. The van der Waals surface area contributed by atoms with Crippen LogP contribution in [-0.2, 0) is 5.41 Å². The number of aromatic hydroxyl groups is 2.